The zero-order valence-electron chi connectivity index (χ0n) is 17.5. The number of benzene rings is 1. The number of hydrogen-bond acceptors (Lipinski definition) is 6. The van der Waals surface area contributed by atoms with Gasteiger partial charge in [0.1, 0.15) is 11.4 Å². The van der Waals surface area contributed by atoms with Gasteiger partial charge in [-0.05, 0) is 59.7 Å². The van der Waals surface area contributed by atoms with Crippen molar-refractivity contribution in [1.29, 1.82) is 5.26 Å². The number of carbonyl (C=O) groups is 2. The molecule has 1 aliphatic heterocycles. The summed E-state index contributed by atoms with van der Waals surface area (Å²) in [6, 6.07) is 16.0. The van der Waals surface area contributed by atoms with Crippen LogP contribution >= 0.6 is 0 Å². The second-order valence-electron chi connectivity index (χ2n) is 7.72. The van der Waals surface area contributed by atoms with Crippen LogP contribution in [-0.2, 0) is 17.6 Å². The molecule has 32 heavy (non-hydrogen) atoms. The zero-order chi connectivity index (χ0) is 22.6. The van der Waals surface area contributed by atoms with E-state index in [9.17, 15) is 9.59 Å². The largest absolute Gasteiger partial charge is 0.357 e. The first kappa shape index (κ1) is 20.9. The van der Waals surface area contributed by atoms with E-state index in [0.717, 1.165) is 11.1 Å². The minimum atomic E-state index is -0.950. The van der Waals surface area contributed by atoms with Crippen molar-refractivity contribution in [2.24, 2.45) is 0 Å². The van der Waals surface area contributed by atoms with E-state index in [1.807, 2.05) is 30.3 Å². The molecule has 0 saturated carbocycles. The molecular weight excluding hydrogens is 402 g/mol. The molecule has 3 heterocycles. The molecule has 0 unspecified atom stereocenters. The number of hydrogen-bond donors (Lipinski definition) is 1. The molecule has 1 aromatic carbocycles. The van der Waals surface area contributed by atoms with E-state index >= 15 is 0 Å². The lowest BCUT2D eigenvalue weighted by Gasteiger charge is -2.27. The van der Waals surface area contributed by atoms with Crippen molar-refractivity contribution in [3.8, 4) is 6.07 Å². The van der Waals surface area contributed by atoms with Crippen LogP contribution in [-0.4, -0.2) is 39.1 Å². The molecule has 2 aromatic heterocycles. The number of aromatic nitrogens is 2. The molecule has 1 fully saturated rings. The molecule has 4 rings (SSSR count). The van der Waals surface area contributed by atoms with Crippen LogP contribution in [0, 0.1) is 11.3 Å². The van der Waals surface area contributed by atoms with Crippen molar-refractivity contribution in [2.75, 3.05) is 7.05 Å². The number of likely N-dealkylation sites (N-methyl/N-ethyl adjacent to an activating group) is 1. The molecule has 3 aromatic rings. The number of rotatable bonds is 6. The zero-order valence-corrected chi connectivity index (χ0v) is 17.5. The van der Waals surface area contributed by atoms with Gasteiger partial charge >= 0.3 is 0 Å². The van der Waals surface area contributed by atoms with E-state index < -0.39 is 5.54 Å². The molecule has 0 atom stereocenters. The number of pyridine rings is 2. The summed E-state index contributed by atoms with van der Waals surface area (Å²) in [6.45, 7) is 0. The highest BCUT2D eigenvalue weighted by Crippen LogP contribution is 2.29. The molecule has 7 heteroatoms. The summed E-state index contributed by atoms with van der Waals surface area (Å²) >= 11 is 0. The van der Waals surface area contributed by atoms with E-state index in [4.69, 9.17) is 5.26 Å². The second kappa shape index (κ2) is 8.82. The minimum Gasteiger partial charge on any atom is -0.357 e. The Hall–Kier alpha value is -4.31. The van der Waals surface area contributed by atoms with Gasteiger partial charge in [-0.1, -0.05) is 0 Å². The molecular formula is C25H21N5O2. The summed E-state index contributed by atoms with van der Waals surface area (Å²) in [5.74, 6) is 0.0673. The first-order valence-corrected chi connectivity index (χ1v) is 10.1. The monoisotopic (exact) mass is 423 g/mol. The Morgan fingerprint density at radius 2 is 1.53 bits per heavy atom. The van der Waals surface area contributed by atoms with E-state index in [0.29, 0.717) is 29.8 Å². The predicted molar refractivity (Wildman–Crippen MR) is 118 cm³/mol. The SMILES string of the molecule is CN1C(=O)C(Cc2ccncc2)(Cc2ccncc2)N/C1=C\C(=O)c1ccc(C#N)cc1. The van der Waals surface area contributed by atoms with Gasteiger partial charge in [-0.2, -0.15) is 5.26 Å². The van der Waals surface area contributed by atoms with Crippen LogP contribution in [0.5, 0.6) is 0 Å². The van der Waals surface area contributed by atoms with Crippen LogP contribution in [0.4, 0.5) is 0 Å². The molecule has 0 aliphatic carbocycles. The summed E-state index contributed by atoms with van der Waals surface area (Å²) < 4.78 is 0. The van der Waals surface area contributed by atoms with Crippen LogP contribution in [0.15, 0.2) is 85.2 Å². The van der Waals surface area contributed by atoms with E-state index in [1.165, 1.54) is 11.0 Å². The highest BCUT2D eigenvalue weighted by Gasteiger charge is 2.47. The normalized spacial score (nSPS) is 15.9. The number of nitrogens with zero attached hydrogens (tertiary/aromatic N) is 4. The van der Waals surface area contributed by atoms with Gasteiger partial charge in [0.25, 0.3) is 5.91 Å². The predicted octanol–water partition coefficient (Wildman–Crippen LogP) is 2.66. The van der Waals surface area contributed by atoms with Crippen molar-refractivity contribution >= 4 is 11.7 Å². The van der Waals surface area contributed by atoms with E-state index in [1.54, 1.807) is 56.1 Å². The number of ketones is 1. The van der Waals surface area contributed by atoms with Crippen LogP contribution in [0.25, 0.3) is 0 Å². The summed E-state index contributed by atoms with van der Waals surface area (Å²) in [4.78, 5) is 35.9. The molecule has 1 saturated heterocycles. The van der Waals surface area contributed by atoms with Gasteiger partial charge in [0.15, 0.2) is 5.78 Å². The fourth-order valence-electron chi connectivity index (χ4n) is 3.86. The molecule has 0 spiro atoms. The van der Waals surface area contributed by atoms with E-state index in [2.05, 4.69) is 15.3 Å². The number of amides is 1. The van der Waals surface area contributed by atoms with Gasteiger partial charge in [0, 0.05) is 56.3 Å². The molecule has 1 amide bonds. The summed E-state index contributed by atoms with van der Waals surface area (Å²) in [5.41, 5.74) is 1.90. The van der Waals surface area contributed by atoms with Crippen molar-refractivity contribution in [1.82, 2.24) is 20.2 Å². The Balaban J connectivity index is 1.67. The highest BCUT2D eigenvalue weighted by molar-refractivity contribution is 6.06. The van der Waals surface area contributed by atoms with Crippen molar-refractivity contribution in [3.05, 3.63) is 107 Å². The van der Waals surface area contributed by atoms with Gasteiger partial charge in [0.2, 0.25) is 0 Å². The summed E-state index contributed by atoms with van der Waals surface area (Å²) in [7, 11) is 1.66. The summed E-state index contributed by atoms with van der Waals surface area (Å²) in [5, 5.41) is 12.3. The highest BCUT2D eigenvalue weighted by atomic mass is 16.2. The molecule has 158 valence electrons. The number of allylic oxidation sites excluding steroid dienone is 1. The lowest BCUT2D eigenvalue weighted by atomic mass is 9.85. The van der Waals surface area contributed by atoms with Gasteiger partial charge in [0.05, 0.1) is 11.6 Å². The Labute approximate surface area is 186 Å². The number of nitrogens with one attached hydrogen (secondary N) is 1. The Kier molecular flexibility index (Phi) is 5.77. The average Bonchev–Trinajstić information content (AvgIpc) is 3.04. The van der Waals surface area contributed by atoms with Gasteiger partial charge in [-0.15, -0.1) is 0 Å². The third-order valence-electron chi connectivity index (χ3n) is 5.52. The standard InChI is InChI=1S/C25H21N5O2/c1-30-23(14-22(31)21-4-2-20(17-26)3-5-21)29-25(24(30)32,15-18-6-10-27-11-7-18)16-19-8-12-28-13-9-19/h2-14,29H,15-16H2,1H3/b23-14+. The number of nitriles is 1. The van der Waals surface area contributed by atoms with E-state index in [-0.39, 0.29) is 11.7 Å². The maximum absolute atomic E-state index is 13.5. The van der Waals surface area contributed by atoms with Crippen LogP contribution in [0.2, 0.25) is 0 Å². The van der Waals surface area contributed by atoms with Crippen LogP contribution < -0.4 is 5.32 Å². The fraction of sp³-hybridized carbons (Fsp3) is 0.160. The molecule has 0 bridgehead atoms. The minimum absolute atomic E-state index is 0.120. The Morgan fingerprint density at radius 3 is 2.03 bits per heavy atom. The Morgan fingerprint density at radius 1 is 1.00 bits per heavy atom. The number of carbonyl (C=O) groups excluding carboxylic acids is 2. The lowest BCUT2D eigenvalue weighted by molar-refractivity contribution is -0.130. The first-order chi connectivity index (χ1) is 15.5. The first-order valence-electron chi connectivity index (χ1n) is 10.1. The van der Waals surface area contributed by atoms with Gasteiger partial charge < -0.3 is 5.32 Å². The maximum Gasteiger partial charge on any atom is 0.254 e. The van der Waals surface area contributed by atoms with Crippen molar-refractivity contribution in [3.63, 3.8) is 0 Å². The quantitative estimate of drug-likeness (QED) is 0.483. The third-order valence-corrected chi connectivity index (χ3v) is 5.52. The molecule has 1 aliphatic rings. The smallest absolute Gasteiger partial charge is 0.254 e. The molecule has 0 radical (unpaired) electrons. The maximum atomic E-state index is 13.5. The lowest BCUT2D eigenvalue weighted by Crippen LogP contribution is -2.50. The molecule has 7 nitrogen and oxygen atoms in total. The average molecular weight is 423 g/mol. The van der Waals surface area contributed by atoms with Crippen LogP contribution in [0.3, 0.4) is 0 Å². The second-order valence-corrected chi connectivity index (χ2v) is 7.72. The summed E-state index contributed by atoms with van der Waals surface area (Å²) in [6.07, 6.45) is 9.09. The topological polar surface area (TPSA) is 99.0 Å². The Bertz CT molecular complexity index is 1160. The van der Waals surface area contributed by atoms with Crippen LogP contribution in [0.1, 0.15) is 27.0 Å². The fourth-order valence-corrected chi connectivity index (χ4v) is 3.86. The van der Waals surface area contributed by atoms with Gasteiger partial charge in [-0.25, -0.2) is 0 Å². The van der Waals surface area contributed by atoms with Crippen molar-refractivity contribution < 1.29 is 9.59 Å². The third kappa shape index (κ3) is 4.25. The van der Waals surface area contributed by atoms with Crippen molar-refractivity contribution in [2.45, 2.75) is 18.4 Å². The van der Waals surface area contributed by atoms with Gasteiger partial charge in [-0.3, -0.25) is 24.5 Å². The molecule has 1 N–H and O–H groups in total.